The third kappa shape index (κ3) is 6.65. The minimum Gasteiger partial charge on any atom is -0.468 e. The molecule has 6 nitrogen and oxygen atoms in total. The molecule has 1 saturated heterocycles. The minimum atomic E-state index is 0.272. The third-order valence-electron chi connectivity index (χ3n) is 5.23. The zero-order valence-electron chi connectivity index (χ0n) is 16.8. The second-order valence-electron chi connectivity index (χ2n) is 6.89. The van der Waals surface area contributed by atoms with Crippen molar-refractivity contribution >= 4 is 5.96 Å². The molecule has 1 aliphatic heterocycles. The second kappa shape index (κ2) is 12.0. The molecule has 2 rings (SSSR count). The van der Waals surface area contributed by atoms with E-state index < -0.39 is 0 Å². The molecular formula is C20H37N5O. The number of hydrogen-bond donors (Lipinski definition) is 2. The number of unbranched alkanes of at least 4 members (excludes halogenated alkanes) is 1. The zero-order valence-corrected chi connectivity index (χ0v) is 16.8. The predicted octanol–water partition coefficient (Wildman–Crippen LogP) is 2.70. The molecule has 1 fully saturated rings. The topological polar surface area (TPSA) is 56.0 Å². The molecule has 1 aromatic heterocycles. The molecule has 1 atom stereocenters. The Bertz CT molecular complexity index is 492. The van der Waals surface area contributed by atoms with Gasteiger partial charge < -0.3 is 20.0 Å². The predicted molar refractivity (Wildman–Crippen MR) is 109 cm³/mol. The van der Waals surface area contributed by atoms with E-state index in [0.717, 1.165) is 57.4 Å². The lowest BCUT2D eigenvalue weighted by molar-refractivity contribution is 0.215. The molecule has 0 aromatic carbocycles. The van der Waals surface area contributed by atoms with Crippen LogP contribution in [0.4, 0.5) is 0 Å². The highest BCUT2D eigenvalue weighted by molar-refractivity contribution is 5.79. The lowest BCUT2D eigenvalue weighted by atomic mass is 10.2. The summed E-state index contributed by atoms with van der Waals surface area (Å²) in [6.07, 6.45) is 6.69. The van der Waals surface area contributed by atoms with Crippen LogP contribution < -0.4 is 10.6 Å². The molecule has 148 valence electrons. The van der Waals surface area contributed by atoms with Crippen LogP contribution in [0.5, 0.6) is 0 Å². The highest BCUT2D eigenvalue weighted by Gasteiger charge is 2.25. The van der Waals surface area contributed by atoms with Crippen LogP contribution in [-0.4, -0.2) is 68.6 Å². The van der Waals surface area contributed by atoms with E-state index in [-0.39, 0.29) is 6.04 Å². The molecule has 0 saturated carbocycles. The van der Waals surface area contributed by atoms with Crippen LogP contribution in [0.25, 0.3) is 0 Å². The number of hydrogen-bond acceptors (Lipinski definition) is 4. The van der Waals surface area contributed by atoms with Gasteiger partial charge in [-0.15, -0.1) is 0 Å². The molecule has 26 heavy (non-hydrogen) atoms. The number of nitrogens with one attached hydrogen (secondary N) is 2. The first-order valence-corrected chi connectivity index (χ1v) is 10.2. The summed E-state index contributed by atoms with van der Waals surface area (Å²) in [5, 5.41) is 6.93. The molecule has 6 heteroatoms. The number of nitrogens with zero attached hydrogens (tertiary/aromatic N) is 3. The Labute approximate surface area is 159 Å². The van der Waals surface area contributed by atoms with E-state index in [4.69, 9.17) is 4.42 Å². The van der Waals surface area contributed by atoms with Gasteiger partial charge >= 0.3 is 0 Å². The Morgan fingerprint density at radius 3 is 2.62 bits per heavy atom. The lowest BCUT2D eigenvalue weighted by Crippen LogP contribution is -2.43. The van der Waals surface area contributed by atoms with E-state index in [1.54, 1.807) is 6.26 Å². The van der Waals surface area contributed by atoms with Gasteiger partial charge in [-0.2, -0.15) is 0 Å². The summed E-state index contributed by atoms with van der Waals surface area (Å²) < 4.78 is 5.68. The van der Waals surface area contributed by atoms with Crippen molar-refractivity contribution < 1.29 is 4.42 Å². The number of furan rings is 1. The standard InChI is InChI=1S/C20H37N5O/c1-4-24(5-2)13-7-6-12-22-20(21-3)23-17-18(19-11-10-16-26-19)25-14-8-9-15-25/h10-11,16,18H,4-9,12-15,17H2,1-3H3,(H2,21,22,23). The van der Waals surface area contributed by atoms with Gasteiger partial charge in [-0.25, -0.2) is 0 Å². The van der Waals surface area contributed by atoms with Crippen molar-refractivity contribution in [3.05, 3.63) is 24.2 Å². The summed E-state index contributed by atoms with van der Waals surface area (Å²) in [4.78, 5) is 9.34. The summed E-state index contributed by atoms with van der Waals surface area (Å²) in [7, 11) is 1.84. The Morgan fingerprint density at radius 1 is 1.23 bits per heavy atom. The maximum atomic E-state index is 5.68. The summed E-state index contributed by atoms with van der Waals surface area (Å²) in [5.41, 5.74) is 0. The Balaban J connectivity index is 1.72. The summed E-state index contributed by atoms with van der Waals surface area (Å²) >= 11 is 0. The van der Waals surface area contributed by atoms with E-state index in [9.17, 15) is 0 Å². The van der Waals surface area contributed by atoms with E-state index in [2.05, 4.69) is 45.3 Å². The van der Waals surface area contributed by atoms with Gasteiger partial charge in [0.1, 0.15) is 5.76 Å². The molecule has 0 spiro atoms. The van der Waals surface area contributed by atoms with Gasteiger partial charge in [0.05, 0.1) is 12.3 Å². The first-order valence-electron chi connectivity index (χ1n) is 10.2. The normalized spacial score (nSPS) is 17.0. The van der Waals surface area contributed by atoms with Gasteiger partial charge in [0.15, 0.2) is 5.96 Å². The van der Waals surface area contributed by atoms with Crippen LogP contribution in [-0.2, 0) is 0 Å². The van der Waals surface area contributed by atoms with Crippen molar-refractivity contribution in [2.24, 2.45) is 4.99 Å². The monoisotopic (exact) mass is 363 g/mol. The van der Waals surface area contributed by atoms with Gasteiger partial charge in [0.2, 0.25) is 0 Å². The Hall–Kier alpha value is -1.53. The fourth-order valence-electron chi connectivity index (χ4n) is 3.56. The van der Waals surface area contributed by atoms with Crippen molar-refractivity contribution in [3.63, 3.8) is 0 Å². The molecule has 1 aromatic rings. The van der Waals surface area contributed by atoms with Crippen molar-refractivity contribution in [2.75, 3.05) is 52.9 Å². The van der Waals surface area contributed by atoms with Crippen LogP contribution >= 0.6 is 0 Å². The molecule has 1 aliphatic rings. The second-order valence-corrected chi connectivity index (χ2v) is 6.89. The van der Waals surface area contributed by atoms with Crippen molar-refractivity contribution in [3.8, 4) is 0 Å². The van der Waals surface area contributed by atoms with E-state index in [0.29, 0.717) is 0 Å². The molecule has 0 radical (unpaired) electrons. The number of rotatable bonds is 11. The smallest absolute Gasteiger partial charge is 0.191 e. The average molecular weight is 364 g/mol. The average Bonchev–Trinajstić information content (AvgIpc) is 3.37. The summed E-state index contributed by atoms with van der Waals surface area (Å²) in [5.74, 6) is 1.91. The largest absolute Gasteiger partial charge is 0.468 e. The van der Waals surface area contributed by atoms with Crippen LogP contribution in [0.1, 0.15) is 51.3 Å². The summed E-state index contributed by atoms with van der Waals surface area (Å²) in [6, 6.07) is 4.32. The maximum Gasteiger partial charge on any atom is 0.191 e. The van der Waals surface area contributed by atoms with Crippen molar-refractivity contribution in [1.82, 2.24) is 20.4 Å². The first kappa shape index (κ1) is 20.8. The number of aliphatic imine (C=N–C) groups is 1. The van der Waals surface area contributed by atoms with Gasteiger partial charge in [-0.3, -0.25) is 9.89 Å². The van der Waals surface area contributed by atoms with Crippen LogP contribution in [0.2, 0.25) is 0 Å². The quantitative estimate of drug-likeness (QED) is 0.360. The van der Waals surface area contributed by atoms with Crippen LogP contribution in [0.3, 0.4) is 0 Å². The third-order valence-corrected chi connectivity index (χ3v) is 5.23. The Morgan fingerprint density at radius 2 is 2.00 bits per heavy atom. The zero-order chi connectivity index (χ0) is 18.6. The maximum absolute atomic E-state index is 5.68. The molecule has 0 bridgehead atoms. The summed E-state index contributed by atoms with van der Waals surface area (Å²) in [6.45, 7) is 12.0. The molecule has 1 unspecified atom stereocenters. The van der Waals surface area contributed by atoms with Gasteiger partial charge in [-0.1, -0.05) is 13.8 Å². The SMILES string of the molecule is CCN(CC)CCCCNC(=NC)NCC(c1ccco1)N1CCCC1. The first-order chi connectivity index (χ1) is 12.8. The molecule has 2 N–H and O–H groups in total. The highest BCUT2D eigenvalue weighted by Crippen LogP contribution is 2.24. The van der Waals surface area contributed by atoms with Crippen LogP contribution in [0.15, 0.2) is 27.8 Å². The van der Waals surface area contributed by atoms with E-state index >= 15 is 0 Å². The number of guanidine groups is 1. The minimum absolute atomic E-state index is 0.272. The lowest BCUT2D eigenvalue weighted by Gasteiger charge is -2.26. The fraction of sp³-hybridized carbons (Fsp3) is 0.750. The molecule has 0 aliphatic carbocycles. The van der Waals surface area contributed by atoms with Gasteiger partial charge in [0, 0.05) is 20.1 Å². The molecular weight excluding hydrogens is 326 g/mol. The van der Waals surface area contributed by atoms with E-state index in [1.807, 2.05) is 13.1 Å². The van der Waals surface area contributed by atoms with Gasteiger partial charge in [0.25, 0.3) is 0 Å². The molecule has 0 amide bonds. The highest BCUT2D eigenvalue weighted by atomic mass is 16.3. The number of likely N-dealkylation sites (tertiary alicyclic amines) is 1. The van der Waals surface area contributed by atoms with Crippen molar-refractivity contribution in [2.45, 2.75) is 45.6 Å². The van der Waals surface area contributed by atoms with Crippen LogP contribution in [0, 0.1) is 0 Å². The molecule has 2 heterocycles. The van der Waals surface area contributed by atoms with Crippen molar-refractivity contribution in [1.29, 1.82) is 0 Å². The van der Waals surface area contributed by atoms with Gasteiger partial charge in [-0.05, 0) is 70.5 Å². The Kier molecular flexibility index (Phi) is 9.56. The fourth-order valence-corrected chi connectivity index (χ4v) is 3.56. The van der Waals surface area contributed by atoms with E-state index in [1.165, 1.54) is 25.8 Å².